The van der Waals surface area contributed by atoms with E-state index in [9.17, 15) is 0 Å². The van der Waals surface area contributed by atoms with Gasteiger partial charge in [0.15, 0.2) is 0 Å². The van der Waals surface area contributed by atoms with Crippen molar-refractivity contribution in [1.29, 1.82) is 0 Å². The lowest BCUT2D eigenvalue weighted by atomic mass is 9.90. The monoisotopic (exact) mass is 264 g/mol. The number of rotatable bonds is 5. The zero-order valence-corrected chi connectivity index (χ0v) is 11.6. The molecular weight excluding hydrogens is 240 g/mol. The third-order valence-corrected chi connectivity index (χ3v) is 3.85. The molecule has 2 rings (SSSR count). The molecular formula is C14H24N4O. The molecule has 2 heterocycles. The fraction of sp³-hybridized carbons (Fsp3) is 0.643. The second-order valence-electron chi connectivity index (χ2n) is 5.29. The van der Waals surface area contributed by atoms with E-state index in [1.54, 1.807) is 13.3 Å². The molecule has 0 radical (unpaired) electrons. The van der Waals surface area contributed by atoms with Gasteiger partial charge in [-0.25, -0.2) is 4.98 Å². The average molecular weight is 264 g/mol. The minimum absolute atomic E-state index is 0.621. The van der Waals surface area contributed by atoms with Crippen LogP contribution in [0.25, 0.3) is 0 Å². The minimum Gasteiger partial charge on any atom is -0.397 e. The van der Waals surface area contributed by atoms with E-state index in [4.69, 9.17) is 16.2 Å². The van der Waals surface area contributed by atoms with Crippen LogP contribution in [0.5, 0.6) is 0 Å². The van der Waals surface area contributed by atoms with Gasteiger partial charge in [-0.2, -0.15) is 0 Å². The van der Waals surface area contributed by atoms with E-state index in [0.29, 0.717) is 17.4 Å². The van der Waals surface area contributed by atoms with Gasteiger partial charge in [-0.1, -0.05) is 0 Å². The molecule has 5 heteroatoms. The highest BCUT2D eigenvalue weighted by molar-refractivity contribution is 5.48. The van der Waals surface area contributed by atoms with Gasteiger partial charge in [-0.15, -0.1) is 0 Å². The van der Waals surface area contributed by atoms with Crippen LogP contribution in [0, 0.1) is 5.92 Å². The molecule has 1 aliphatic heterocycles. The van der Waals surface area contributed by atoms with Gasteiger partial charge in [-0.3, -0.25) is 0 Å². The van der Waals surface area contributed by atoms with Crippen molar-refractivity contribution in [3.63, 3.8) is 0 Å². The van der Waals surface area contributed by atoms with Crippen LogP contribution in [-0.2, 0) is 11.2 Å². The molecule has 1 aromatic rings. The van der Waals surface area contributed by atoms with Gasteiger partial charge in [0.2, 0.25) is 0 Å². The van der Waals surface area contributed by atoms with Gasteiger partial charge in [0.05, 0.1) is 18.5 Å². The first-order chi connectivity index (χ1) is 9.19. The summed E-state index contributed by atoms with van der Waals surface area (Å²) in [5, 5.41) is 0. The molecule has 19 heavy (non-hydrogen) atoms. The number of piperidine rings is 1. The van der Waals surface area contributed by atoms with Crippen molar-refractivity contribution in [2.75, 3.05) is 44.8 Å². The van der Waals surface area contributed by atoms with E-state index in [-0.39, 0.29) is 0 Å². The fourth-order valence-electron chi connectivity index (χ4n) is 2.65. The van der Waals surface area contributed by atoms with Gasteiger partial charge in [0.25, 0.3) is 0 Å². The summed E-state index contributed by atoms with van der Waals surface area (Å²) in [6.07, 6.45) is 5.02. The summed E-state index contributed by atoms with van der Waals surface area (Å²) in [5.41, 5.74) is 13.5. The quantitative estimate of drug-likeness (QED) is 0.834. The molecule has 0 amide bonds. The SMILES string of the molecule is COCCN1CCC(Cc2cc(N)cnc2N)CC1. The van der Waals surface area contributed by atoms with Crippen molar-refractivity contribution in [3.05, 3.63) is 17.8 Å². The van der Waals surface area contributed by atoms with Crippen molar-refractivity contribution < 1.29 is 4.74 Å². The Morgan fingerprint density at radius 1 is 1.37 bits per heavy atom. The zero-order chi connectivity index (χ0) is 13.7. The molecule has 0 saturated carbocycles. The maximum Gasteiger partial charge on any atom is 0.126 e. The number of likely N-dealkylation sites (tertiary alicyclic amines) is 1. The van der Waals surface area contributed by atoms with Crippen LogP contribution in [0.3, 0.4) is 0 Å². The molecule has 0 unspecified atom stereocenters. The molecule has 106 valence electrons. The molecule has 1 saturated heterocycles. The summed E-state index contributed by atoms with van der Waals surface area (Å²) >= 11 is 0. The second-order valence-corrected chi connectivity index (χ2v) is 5.29. The first kappa shape index (κ1) is 14.1. The van der Waals surface area contributed by atoms with Crippen LogP contribution in [-0.4, -0.2) is 43.2 Å². The van der Waals surface area contributed by atoms with Crippen molar-refractivity contribution in [2.45, 2.75) is 19.3 Å². The molecule has 1 aliphatic rings. The Hall–Kier alpha value is -1.33. The maximum atomic E-state index is 5.91. The Bertz CT molecular complexity index is 402. The number of nitrogens with two attached hydrogens (primary N) is 2. The first-order valence-corrected chi connectivity index (χ1v) is 6.90. The van der Waals surface area contributed by atoms with Crippen LogP contribution in [0.2, 0.25) is 0 Å². The molecule has 1 aromatic heterocycles. The first-order valence-electron chi connectivity index (χ1n) is 6.90. The minimum atomic E-state index is 0.621. The molecule has 0 spiro atoms. The van der Waals surface area contributed by atoms with Crippen molar-refractivity contribution in [2.24, 2.45) is 5.92 Å². The summed E-state index contributed by atoms with van der Waals surface area (Å²) in [5.74, 6) is 1.31. The number of anilines is 2. The van der Waals surface area contributed by atoms with E-state index in [2.05, 4.69) is 9.88 Å². The number of hydrogen-bond donors (Lipinski definition) is 2. The van der Waals surface area contributed by atoms with Crippen LogP contribution in [0.15, 0.2) is 12.3 Å². The highest BCUT2D eigenvalue weighted by Crippen LogP contribution is 2.24. The zero-order valence-electron chi connectivity index (χ0n) is 11.6. The fourth-order valence-corrected chi connectivity index (χ4v) is 2.65. The van der Waals surface area contributed by atoms with Gasteiger partial charge in [-0.05, 0) is 49.9 Å². The predicted octanol–water partition coefficient (Wildman–Crippen LogP) is 1.15. The van der Waals surface area contributed by atoms with Gasteiger partial charge >= 0.3 is 0 Å². The molecule has 0 atom stereocenters. The Kier molecular flexibility index (Phi) is 4.99. The maximum absolute atomic E-state index is 5.91. The number of aromatic nitrogens is 1. The van der Waals surface area contributed by atoms with E-state index in [1.165, 1.54) is 12.8 Å². The van der Waals surface area contributed by atoms with E-state index in [0.717, 1.165) is 38.2 Å². The summed E-state index contributed by atoms with van der Waals surface area (Å²) in [6.45, 7) is 4.13. The highest BCUT2D eigenvalue weighted by Gasteiger charge is 2.20. The Labute approximate surface area is 114 Å². The summed E-state index contributed by atoms with van der Waals surface area (Å²) in [4.78, 5) is 6.58. The Morgan fingerprint density at radius 3 is 2.79 bits per heavy atom. The smallest absolute Gasteiger partial charge is 0.126 e. The number of hydrogen-bond acceptors (Lipinski definition) is 5. The number of nitrogens with zero attached hydrogens (tertiary/aromatic N) is 2. The molecule has 0 bridgehead atoms. The summed E-state index contributed by atoms with van der Waals surface area (Å²) in [7, 11) is 1.75. The van der Waals surface area contributed by atoms with E-state index < -0.39 is 0 Å². The van der Waals surface area contributed by atoms with Gasteiger partial charge < -0.3 is 21.1 Å². The number of methoxy groups -OCH3 is 1. The number of ether oxygens (including phenoxy) is 1. The lowest BCUT2D eigenvalue weighted by Crippen LogP contribution is -2.36. The lowest BCUT2D eigenvalue weighted by Gasteiger charge is -2.31. The van der Waals surface area contributed by atoms with E-state index >= 15 is 0 Å². The average Bonchev–Trinajstić information content (AvgIpc) is 2.42. The van der Waals surface area contributed by atoms with Gasteiger partial charge in [0.1, 0.15) is 5.82 Å². The predicted molar refractivity (Wildman–Crippen MR) is 77.8 cm³/mol. The Morgan fingerprint density at radius 2 is 2.11 bits per heavy atom. The molecule has 0 aromatic carbocycles. The summed E-state index contributed by atoms with van der Waals surface area (Å²) < 4.78 is 5.12. The molecule has 4 N–H and O–H groups in total. The van der Waals surface area contributed by atoms with Gasteiger partial charge in [0, 0.05) is 13.7 Å². The van der Waals surface area contributed by atoms with Crippen molar-refractivity contribution >= 4 is 11.5 Å². The number of nitrogen functional groups attached to an aromatic ring is 2. The molecule has 0 aliphatic carbocycles. The molecule has 1 fully saturated rings. The second kappa shape index (κ2) is 6.73. The van der Waals surface area contributed by atoms with Crippen LogP contribution in [0.1, 0.15) is 18.4 Å². The standard InChI is InChI=1S/C14H24N4O/c1-19-7-6-18-4-2-11(3-5-18)8-12-9-13(15)10-17-14(12)16/h9-11H,2-8,15H2,1H3,(H2,16,17). The van der Waals surface area contributed by atoms with Crippen LogP contribution >= 0.6 is 0 Å². The van der Waals surface area contributed by atoms with Crippen molar-refractivity contribution in [3.8, 4) is 0 Å². The highest BCUT2D eigenvalue weighted by atomic mass is 16.5. The van der Waals surface area contributed by atoms with E-state index in [1.807, 2.05) is 6.07 Å². The third-order valence-electron chi connectivity index (χ3n) is 3.85. The number of pyridine rings is 1. The van der Waals surface area contributed by atoms with Crippen molar-refractivity contribution in [1.82, 2.24) is 9.88 Å². The largest absolute Gasteiger partial charge is 0.397 e. The third kappa shape index (κ3) is 4.08. The topological polar surface area (TPSA) is 77.4 Å². The molecule has 5 nitrogen and oxygen atoms in total. The lowest BCUT2D eigenvalue weighted by molar-refractivity contribution is 0.120. The van der Waals surface area contributed by atoms with Crippen LogP contribution < -0.4 is 11.5 Å². The summed E-state index contributed by atoms with van der Waals surface area (Å²) in [6, 6.07) is 1.96. The normalized spacial score (nSPS) is 17.7. The van der Waals surface area contributed by atoms with Crippen LogP contribution in [0.4, 0.5) is 11.5 Å². The Balaban J connectivity index is 1.83.